The Kier molecular flexibility index (Phi) is 6.81. The van der Waals surface area contributed by atoms with E-state index < -0.39 is 5.91 Å². The Bertz CT molecular complexity index is 1210. The van der Waals surface area contributed by atoms with Gasteiger partial charge in [-0.2, -0.15) is 0 Å². The topological polar surface area (TPSA) is 113 Å². The highest BCUT2D eigenvalue weighted by Gasteiger charge is 2.20. The average Bonchev–Trinajstić information content (AvgIpc) is 3.30. The fraction of sp³-hybridized carbons (Fsp3) is 0.125. The Hall–Kier alpha value is -4.37. The molecule has 0 aliphatic carbocycles. The molecule has 33 heavy (non-hydrogen) atoms. The summed E-state index contributed by atoms with van der Waals surface area (Å²) in [5.41, 5.74) is 4.34. The largest absolute Gasteiger partial charge is 0.327 e. The van der Waals surface area contributed by atoms with Gasteiger partial charge >= 0.3 is 0 Å². The van der Waals surface area contributed by atoms with E-state index in [1.807, 2.05) is 48.5 Å². The number of nitrogens with one attached hydrogen (secondary N) is 1. The van der Waals surface area contributed by atoms with Crippen LogP contribution in [0.2, 0.25) is 0 Å². The van der Waals surface area contributed by atoms with Crippen molar-refractivity contribution in [3.8, 4) is 0 Å². The molecular weight excluding hydrogens is 420 g/mol. The van der Waals surface area contributed by atoms with E-state index in [0.717, 1.165) is 11.1 Å². The van der Waals surface area contributed by atoms with Crippen LogP contribution in [-0.2, 0) is 19.6 Å². The summed E-state index contributed by atoms with van der Waals surface area (Å²) in [7, 11) is 0. The molecule has 1 heterocycles. The molecule has 0 unspecified atom stereocenters. The minimum Gasteiger partial charge on any atom is -0.327 e. The predicted octanol–water partition coefficient (Wildman–Crippen LogP) is 2.68. The SMILES string of the molecule is O=C(NO)c1ccc(CN(Cc2nnnn2Cc2ccccc2)C(=O)c2ccccc2)cc1. The average molecular weight is 442 g/mol. The fourth-order valence-corrected chi connectivity index (χ4v) is 3.40. The number of carbonyl (C=O) groups excluding carboxylic acids is 2. The van der Waals surface area contributed by atoms with E-state index in [9.17, 15) is 9.59 Å². The summed E-state index contributed by atoms with van der Waals surface area (Å²) < 4.78 is 1.68. The van der Waals surface area contributed by atoms with Gasteiger partial charge in [0.25, 0.3) is 11.8 Å². The van der Waals surface area contributed by atoms with Crippen molar-refractivity contribution in [3.05, 3.63) is 113 Å². The lowest BCUT2D eigenvalue weighted by atomic mass is 10.1. The van der Waals surface area contributed by atoms with Gasteiger partial charge in [0.15, 0.2) is 5.82 Å². The maximum absolute atomic E-state index is 13.3. The van der Waals surface area contributed by atoms with Crippen molar-refractivity contribution >= 4 is 11.8 Å². The Morgan fingerprint density at radius 3 is 2.15 bits per heavy atom. The van der Waals surface area contributed by atoms with Gasteiger partial charge in [-0.25, -0.2) is 10.2 Å². The van der Waals surface area contributed by atoms with Crippen molar-refractivity contribution in [2.75, 3.05) is 0 Å². The number of hydrogen-bond acceptors (Lipinski definition) is 6. The van der Waals surface area contributed by atoms with Gasteiger partial charge in [0.05, 0.1) is 13.1 Å². The fourth-order valence-electron chi connectivity index (χ4n) is 3.40. The molecule has 9 nitrogen and oxygen atoms in total. The monoisotopic (exact) mass is 442 g/mol. The molecule has 0 saturated carbocycles. The van der Waals surface area contributed by atoms with E-state index in [4.69, 9.17) is 5.21 Å². The number of hydrogen-bond donors (Lipinski definition) is 2. The van der Waals surface area contributed by atoms with Crippen molar-refractivity contribution in [3.63, 3.8) is 0 Å². The van der Waals surface area contributed by atoms with Crippen LogP contribution in [0.3, 0.4) is 0 Å². The van der Waals surface area contributed by atoms with Crippen molar-refractivity contribution in [1.29, 1.82) is 0 Å². The van der Waals surface area contributed by atoms with Gasteiger partial charge in [0, 0.05) is 17.7 Å². The molecule has 0 atom stereocenters. The highest BCUT2D eigenvalue weighted by Crippen LogP contribution is 2.15. The minimum atomic E-state index is -0.598. The molecule has 2 N–H and O–H groups in total. The Balaban J connectivity index is 1.58. The van der Waals surface area contributed by atoms with Gasteiger partial charge in [-0.05, 0) is 45.8 Å². The summed E-state index contributed by atoms with van der Waals surface area (Å²) in [5, 5.41) is 20.9. The number of amides is 2. The zero-order valence-electron chi connectivity index (χ0n) is 17.7. The van der Waals surface area contributed by atoms with Gasteiger partial charge in [0.1, 0.15) is 0 Å². The second-order valence-corrected chi connectivity index (χ2v) is 7.40. The Morgan fingerprint density at radius 1 is 0.818 bits per heavy atom. The maximum atomic E-state index is 13.3. The molecule has 1 aromatic heterocycles. The van der Waals surface area contributed by atoms with E-state index in [-0.39, 0.29) is 19.0 Å². The summed E-state index contributed by atoms with van der Waals surface area (Å²) >= 11 is 0. The molecule has 0 fully saturated rings. The van der Waals surface area contributed by atoms with Crippen LogP contribution in [0.25, 0.3) is 0 Å². The van der Waals surface area contributed by atoms with Gasteiger partial charge in [-0.3, -0.25) is 14.8 Å². The van der Waals surface area contributed by atoms with Crippen LogP contribution in [-0.4, -0.2) is 42.1 Å². The third-order valence-corrected chi connectivity index (χ3v) is 5.11. The quantitative estimate of drug-likeness (QED) is 0.320. The standard InChI is InChI=1S/C24H22N6O3/c31-23(26-33)20-13-11-19(12-14-20)15-29(24(32)21-9-5-2-6-10-21)17-22-25-27-28-30(22)16-18-7-3-1-4-8-18/h1-14,33H,15-17H2,(H,26,31). The molecule has 0 aliphatic rings. The summed E-state index contributed by atoms with van der Waals surface area (Å²) in [6.45, 7) is 0.973. The van der Waals surface area contributed by atoms with Crippen molar-refractivity contribution < 1.29 is 14.8 Å². The molecule has 0 saturated heterocycles. The van der Waals surface area contributed by atoms with Gasteiger partial charge in [-0.15, -0.1) is 5.10 Å². The van der Waals surface area contributed by atoms with Gasteiger partial charge < -0.3 is 4.90 Å². The van der Waals surface area contributed by atoms with E-state index in [2.05, 4.69) is 15.5 Å². The molecule has 166 valence electrons. The summed E-state index contributed by atoms with van der Waals surface area (Å²) in [6, 6.07) is 25.5. The molecule has 0 radical (unpaired) electrons. The third kappa shape index (κ3) is 5.46. The second-order valence-electron chi connectivity index (χ2n) is 7.40. The van der Waals surface area contributed by atoms with Gasteiger partial charge in [0.2, 0.25) is 0 Å². The van der Waals surface area contributed by atoms with E-state index in [0.29, 0.717) is 23.5 Å². The third-order valence-electron chi connectivity index (χ3n) is 5.11. The van der Waals surface area contributed by atoms with Crippen LogP contribution in [0.5, 0.6) is 0 Å². The summed E-state index contributed by atoms with van der Waals surface area (Å²) in [4.78, 5) is 26.6. The molecule has 3 aromatic carbocycles. The van der Waals surface area contributed by atoms with Crippen LogP contribution >= 0.6 is 0 Å². The number of nitrogens with zero attached hydrogens (tertiary/aromatic N) is 5. The first-order valence-corrected chi connectivity index (χ1v) is 10.3. The highest BCUT2D eigenvalue weighted by atomic mass is 16.5. The molecule has 0 aliphatic heterocycles. The Morgan fingerprint density at radius 2 is 1.48 bits per heavy atom. The Labute approximate surface area is 190 Å². The molecule has 0 spiro atoms. The number of aromatic nitrogens is 4. The van der Waals surface area contributed by atoms with Crippen LogP contribution in [0.15, 0.2) is 84.9 Å². The highest BCUT2D eigenvalue weighted by molar-refractivity contribution is 5.94. The number of tetrazole rings is 1. The first kappa shape index (κ1) is 21.8. The molecule has 0 bridgehead atoms. The van der Waals surface area contributed by atoms with Crippen LogP contribution in [0, 0.1) is 0 Å². The number of benzene rings is 3. The zero-order chi connectivity index (χ0) is 23.0. The molecular formula is C24H22N6O3. The lowest BCUT2D eigenvalue weighted by molar-refractivity contribution is 0.0703. The van der Waals surface area contributed by atoms with Crippen molar-refractivity contribution in [1.82, 2.24) is 30.6 Å². The normalized spacial score (nSPS) is 10.6. The summed E-state index contributed by atoms with van der Waals surface area (Å²) in [5.74, 6) is -0.208. The number of rotatable bonds is 8. The first-order valence-electron chi connectivity index (χ1n) is 10.3. The van der Waals surface area contributed by atoms with Crippen LogP contribution in [0.1, 0.15) is 37.7 Å². The smallest absolute Gasteiger partial charge is 0.274 e. The van der Waals surface area contributed by atoms with Crippen molar-refractivity contribution in [2.24, 2.45) is 0 Å². The lowest BCUT2D eigenvalue weighted by Crippen LogP contribution is -2.31. The zero-order valence-corrected chi connectivity index (χ0v) is 17.7. The number of carbonyl (C=O) groups is 2. The van der Waals surface area contributed by atoms with E-state index in [1.54, 1.807) is 51.5 Å². The molecule has 4 aromatic rings. The minimum absolute atomic E-state index is 0.165. The summed E-state index contributed by atoms with van der Waals surface area (Å²) in [6.07, 6.45) is 0. The lowest BCUT2D eigenvalue weighted by Gasteiger charge is -2.22. The van der Waals surface area contributed by atoms with Crippen LogP contribution in [0.4, 0.5) is 0 Å². The predicted molar refractivity (Wildman–Crippen MR) is 119 cm³/mol. The van der Waals surface area contributed by atoms with E-state index in [1.165, 1.54) is 0 Å². The maximum Gasteiger partial charge on any atom is 0.274 e. The van der Waals surface area contributed by atoms with Crippen LogP contribution < -0.4 is 5.48 Å². The molecule has 2 amide bonds. The van der Waals surface area contributed by atoms with E-state index >= 15 is 0 Å². The van der Waals surface area contributed by atoms with Crippen molar-refractivity contribution in [2.45, 2.75) is 19.6 Å². The molecule has 9 heteroatoms. The second kappa shape index (κ2) is 10.3. The van der Waals surface area contributed by atoms with Gasteiger partial charge in [-0.1, -0.05) is 60.7 Å². The molecule has 4 rings (SSSR count). The number of hydroxylamine groups is 1. The first-order chi connectivity index (χ1) is 16.1.